The molecule has 4 N–H and O–H groups in total. The summed E-state index contributed by atoms with van der Waals surface area (Å²) in [6, 6.07) is 5.29. The number of benzene rings is 1. The van der Waals surface area contributed by atoms with Crippen LogP contribution in [0.2, 0.25) is 0 Å². The van der Waals surface area contributed by atoms with E-state index in [-0.39, 0.29) is 16.6 Å². The lowest BCUT2D eigenvalue weighted by atomic mass is 10.3. The number of hydrogen-bond donors (Lipinski definition) is 3. The first-order valence-corrected chi connectivity index (χ1v) is 8.22. The lowest BCUT2D eigenvalue weighted by molar-refractivity contribution is 0.586. The molecule has 1 aromatic rings. The maximum absolute atomic E-state index is 11.6. The molecule has 0 heterocycles. The molecule has 7 nitrogen and oxygen atoms in total. The molecule has 1 aromatic carbocycles. The molecule has 0 aromatic heterocycles. The third-order valence-electron chi connectivity index (χ3n) is 2.31. The SMILES string of the molecule is NS(=O)(=O)c1cccc(NS(=O)(=O)NC2CC2)c1. The van der Waals surface area contributed by atoms with Crippen molar-refractivity contribution in [3.05, 3.63) is 24.3 Å². The van der Waals surface area contributed by atoms with Crippen molar-refractivity contribution in [2.24, 2.45) is 5.14 Å². The average molecular weight is 291 g/mol. The highest BCUT2D eigenvalue weighted by Gasteiger charge is 2.26. The van der Waals surface area contributed by atoms with Crippen LogP contribution in [0.1, 0.15) is 12.8 Å². The van der Waals surface area contributed by atoms with Crippen LogP contribution in [-0.4, -0.2) is 22.9 Å². The van der Waals surface area contributed by atoms with Crippen LogP contribution in [0, 0.1) is 0 Å². The Bertz CT molecular complexity index is 650. The smallest absolute Gasteiger partial charge is 0.271 e. The summed E-state index contributed by atoms with van der Waals surface area (Å²) in [6.45, 7) is 0. The first kappa shape index (κ1) is 13.3. The molecule has 0 aliphatic heterocycles. The van der Waals surface area contributed by atoms with Crippen molar-refractivity contribution in [1.29, 1.82) is 0 Å². The Morgan fingerprint density at radius 3 is 2.39 bits per heavy atom. The van der Waals surface area contributed by atoms with Gasteiger partial charge < -0.3 is 0 Å². The molecule has 0 atom stereocenters. The molecular formula is C9H13N3O4S2. The quantitative estimate of drug-likeness (QED) is 0.692. The van der Waals surface area contributed by atoms with Gasteiger partial charge in [-0.1, -0.05) is 6.07 Å². The van der Waals surface area contributed by atoms with Gasteiger partial charge >= 0.3 is 0 Å². The molecule has 1 aliphatic rings. The van der Waals surface area contributed by atoms with Gasteiger partial charge in [-0.25, -0.2) is 13.6 Å². The second-order valence-corrected chi connectivity index (χ2v) is 7.08. The average Bonchev–Trinajstić information content (AvgIpc) is 2.99. The van der Waals surface area contributed by atoms with Crippen LogP contribution < -0.4 is 14.6 Å². The predicted molar refractivity (Wildman–Crippen MR) is 66.5 cm³/mol. The summed E-state index contributed by atoms with van der Waals surface area (Å²) in [5.41, 5.74) is 0.148. The van der Waals surface area contributed by atoms with Crippen molar-refractivity contribution >= 4 is 25.9 Å². The minimum absolute atomic E-state index is 0.0241. The van der Waals surface area contributed by atoms with Gasteiger partial charge in [-0.15, -0.1) is 0 Å². The van der Waals surface area contributed by atoms with Gasteiger partial charge in [0.1, 0.15) is 0 Å². The van der Waals surface area contributed by atoms with E-state index >= 15 is 0 Å². The lowest BCUT2D eigenvalue weighted by Gasteiger charge is -2.09. The van der Waals surface area contributed by atoms with Gasteiger partial charge in [0.25, 0.3) is 10.2 Å². The molecule has 0 spiro atoms. The van der Waals surface area contributed by atoms with Crippen LogP contribution in [0.3, 0.4) is 0 Å². The number of anilines is 1. The molecule has 0 unspecified atom stereocenters. The monoisotopic (exact) mass is 291 g/mol. The maximum atomic E-state index is 11.6. The molecular weight excluding hydrogens is 278 g/mol. The summed E-state index contributed by atoms with van der Waals surface area (Å²) in [7, 11) is -7.52. The number of sulfonamides is 1. The summed E-state index contributed by atoms with van der Waals surface area (Å²) in [6.07, 6.45) is 1.64. The van der Waals surface area contributed by atoms with Crippen LogP contribution in [0.15, 0.2) is 29.2 Å². The fraction of sp³-hybridized carbons (Fsp3) is 0.333. The molecule has 0 radical (unpaired) electrons. The van der Waals surface area contributed by atoms with Crippen LogP contribution >= 0.6 is 0 Å². The Kier molecular flexibility index (Phi) is 3.32. The van der Waals surface area contributed by atoms with E-state index in [1.165, 1.54) is 24.3 Å². The molecule has 1 aliphatic carbocycles. The first-order chi connectivity index (χ1) is 8.26. The van der Waals surface area contributed by atoms with Crippen LogP contribution in [0.4, 0.5) is 5.69 Å². The van der Waals surface area contributed by atoms with Crippen molar-refractivity contribution in [2.75, 3.05) is 4.72 Å². The van der Waals surface area contributed by atoms with E-state index in [0.29, 0.717) is 0 Å². The maximum Gasteiger partial charge on any atom is 0.299 e. The van der Waals surface area contributed by atoms with E-state index in [9.17, 15) is 16.8 Å². The number of rotatable bonds is 5. The third kappa shape index (κ3) is 3.67. The summed E-state index contributed by atoms with van der Waals surface area (Å²) >= 11 is 0. The van der Waals surface area contributed by atoms with Crippen LogP contribution in [-0.2, 0) is 20.2 Å². The van der Waals surface area contributed by atoms with Crippen molar-refractivity contribution < 1.29 is 16.8 Å². The molecule has 9 heteroatoms. The molecule has 0 amide bonds. The van der Waals surface area contributed by atoms with E-state index in [0.717, 1.165) is 12.8 Å². The molecule has 2 rings (SSSR count). The van der Waals surface area contributed by atoms with Crippen LogP contribution in [0.25, 0.3) is 0 Å². The molecule has 0 bridgehead atoms. The fourth-order valence-corrected chi connectivity index (χ4v) is 3.07. The fourth-order valence-electron chi connectivity index (χ4n) is 1.34. The van der Waals surface area contributed by atoms with Gasteiger partial charge in [-0.3, -0.25) is 4.72 Å². The Hall–Kier alpha value is -1.16. The Morgan fingerprint density at radius 2 is 1.83 bits per heavy atom. The molecule has 0 saturated heterocycles. The van der Waals surface area contributed by atoms with Crippen molar-refractivity contribution in [2.45, 2.75) is 23.8 Å². The van der Waals surface area contributed by atoms with E-state index in [1.54, 1.807) is 0 Å². The summed E-state index contributed by atoms with van der Waals surface area (Å²) < 4.78 is 50.1. The zero-order valence-corrected chi connectivity index (χ0v) is 11.0. The molecule has 100 valence electrons. The standard InChI is InChI=1S/C9H13N3O4S2/c10-17(13,14)9-3-1-2-8(6-9)12-18(15,16)11-7-4-5-7/h1-3,6-7,11-12H,4-5H2,(H2,10,13,14). The Balaban J connectivity index is 2.19. The zero-order chi connectivity index (χ0) is 13.4. The Morgan fingerprint density at radius 1 is 1.17 bits per heavy atom. The first-order valence-electron chi connectivity index (χ1n) is 5.19. The molecule has 1 fully saturated rings. The number of hydrogen-bond acceptors (Lipinski definition) is 4. The van der Waals surface area contributed by atoms with E-state index < -0.39 is 20.2 Å². The molecule has 18 heavy (non-hydrogen) atoms. The van der Waals surface area contributed by atoms with Crippen molar-refractivity contribution in [1.82, 2.24) is 4.72 Å². The van der Waals surface area contributed by atoms with Gasteiger partial charge in [-0.2, -0.15) is 13.1 Å². The van der Waals surface area contributed by atoms with E-state index in [4.69, 9.17) is 5.14 Å². The predicted octanol–water partition coefficient (Wildman–Crippen LogP) is -0.257. The van der Waals surface area contributed by atoms with Crippen molar-refractivity contribution in [3.63, 3.8) is 0 Å². The van der Waals surface area contributed by atoms with Gasteiger partial charge in [0.15, 0.2) is 0 Å². The topological polar surface area (TPSA) is 118 Å². The second-order valence-electron chi connectivity index (χ2n) is 4.07. The minimum Gasteiger partial charge on any atom is -0.271 e. The minimum atomic E-state index is -3.85. The van der Waals surface area contributed by atoms with Gasteiger partial charge in [0.05, 0.1) is 10.6 Å². The summed E-state index contributed by atoms with van der Waals surface area (Å²) in [4.78, 5) is -0.144. The summed E-state index contributed by atoms with van der Waals surface area (Å²) in [5.74, 6) is 0. The highest BCUT2D eigenvalue weighted by Crippen LogP contribution is 2.21. The van der Waals surface area contributed by atoms with Crippen LogP contribution in [0.5, 0.6) is 0 Å². The van der Waals surface area contributed by atoms with Gasteiger partial charge in [0.2, 0.25) is 10.0 Å². The second kappa shape index (κ2) is 4.50. The number of primary sulfonamides is 1. The number of nitrogens with two attached hydrogens (primary N) is 1. The van der Waals surface area contributed by atoms with Crippen molar-refractivity contribution in [3.8, 4) is 0 Å². The van der Waals surface area contributed by atoms with Gasteiger partial charge in [0, 0.05) is 6.04 Å². The number of nitrogens with one attached hydrogen (secondary N) is 2. The Labute approximate surface area is 106 Å². The third-order valence-corrected chi connectivity index (χ3v) is 4.37. The zero-order valence-electron chi connectivity index (χ0n) is 9.33. The lowest BCUT2D eigenvalue weighted by Crippen LogP contribution is -2.31. The summed E-state index contributed by atoms with van der Waals surface area (Å²) in [5, 5.41) is 4.96. The largest absolute Gasteiger partial charge is 0.299 e. The van der Waals surface area contributed by atoms with E-state index in [2.05, 4.69) is 9.44 Å². The molecule has 1 saturated carbocycles. The van der Waals surface area contributed by atoms with E-state index in [1.807, 2.05) is 0 Å². The highest BCUT2D eigenvalue weighted by molar-refractivity contribution is 7.90. The normalized spacial score (nSPS) is 16.5. The van der Waals surface area contributed by atoms with Gasteiger partial charge in [-0.05, 0) is 31.0 Å². The highest BCUT2D eigenvalue weighted by atomic mass is 32.2.